The molecule has 352 valence electrons. The van der Waals surface area contributed by atoms with Crippen molar-refractivity contribution in [2.75, 3.05) is 33.0 Å². The van der Waals surface area contributed by atoms with Gasteiger partial charge in [0.1, 0.15) is 116 Å². The van der Waals surface area contributed by atoms with Crippen LogP contribution in [0.15, 0.2) is 0 Å². The van der Waals surface area contributed by atoms with Gasteiger partial charge < -0.3 is 124 Å². The molecule has 0 spiro atoms. The first kappa shape index (κ1) is 49.9. The zero-order chi connectivity index (χ0) is 44.5. The zero-order valence-electron chi connectivity index (χ0n) is 30.9. The third-order valence-electron chi connectivity index (χ3n) is 10.5. The summed E-state index contributed by atoms with van der Waals surface area (Å²) in [6.45, 7) is -4.91. The largest absolute Gasteiger partial charge is 0.397 e. The van der Waals surface area contributed by atoms with Gasteiger partial charge in [-0.2, -0.15) is 8.42 Å². The molecule has 0 aromatic carbocycles. The Labute approximate surface area is 338 Å². The summed E-state index contributed by atoms with van der Waals surface area (Å²) in [5, 5.41) is 166. The molecule has 29 nitrogen and oxygen atoms in total. The maximum atomic E-state index is 11.5. The molecule has 0 aromatic heterocycles. The van der Waals surface area contributed by atoms with E-state index >= 15 is 0 Å². The number of ether oxygens (including phenoxy) is 9. The van der Waals surface area contributed by atoms with Gasteiger partial charge in [-0.15, -0.1) is 0 Å². The number of hydrogen-bond acceptors (Lipinski definition) is 28. The second kappa shape index (κ2) is 20.8. The van der Waals surface area contributed by atoms with Crippen molar-refractivity contribution in [3.8, 4) is 0 Å². The van der Waals surface area contributed by atoms with Gasteiger partial charge in [0.2, 0.25) is 0 Å². The molecule has 0 unspecified atom stereocenters. The molecular weight excluding hydrogens is 856 g/mol. The standard InChI is InChI=1S/C30H52O29S/c31-1-6-11(36)12(37)25(59-60(47,48)49)30(51-6)58-24-10(5-35)54-29(20(45)16(24)41)57-23-9(4-34)53-28(19(44)15(23)40)56-22-8(3-33)52-27(18(43)14(22)39)55-21-7(2-32)50-26(46)17(42)13(21)38/h6-46H,1-5H2,(H,47,48,49)/t6-,7-,8-,9-,10-,11-,12+,13-,14-,15-,16-,17-,18-,19-,20-,21-,22-,23-,24-,25-,26+,27-,28-,29-,30-/m1/s1. The minimum Gasteiger partial charge on any atom is -0.394 e. The van der Waals surface area contributed by atoms with E-state index in [2.05, 4.69) is 4.18 Å². The quantitative estimate of drug-likeness (QED) is 0.0678. The van der Waals surface area contributed by atoms with Gasteiger partial charge in [0, 0.05) is 0 Å². The third kappa shape index (κ3) is 10.5. The fourth-order valence-corrected chi connectivity index (χ4v) is 7.75. The van der Waals surface area contributed by atoms with Crippen LogP contribution in [0.4, 0.5) is 0 Å². The molecule has 5 saturated heterocycles. The predicted octanol–water partition coefficient (Wildman–Crippen LogP) is -12.1. The van der Waals surface area contributed by atoms with E-state index in [9.17, 15) is 94.7 Å². The molecular formula is C30H52O29S. The van der Waals surface area contributed by atoms with Gasteiger partial charge in [0.05, 0.1) is 33.0 Å². The van der Waals surface area contributed by atoms with Crippen molar-refractivity contribution in [1.29, 1.82) is 0 Å². The molecule has 25 atom stereocenters. The van der Waals surface area contributed by atoms with Crippen molar-refractivity contribution in [3.63, 3.8) is 0 Å². The third-order valence-corrected chi connectivity index (χ3v) is 11.0. The van der Waals surface area contributed by atoms with Gasteiger partial charge in [-0.05, 0) is 0 Å². The van der Waals surface area contributed by atoms with Crippen LogP contribution in [0.3, 0.4) is 0 Å². The lowest BCUT2D eigenvalue weighted by atomic mass is 9.95. The Morgan fingerprint density at radius 3 is 0.967 bits per heavy atom. The average Bonchev–Trinajstić information content (AvgIpc) is 3.21. The minimum absolute atomic E-state index is 0.857. The fraction of sp³-hybridized carbons (Fsp3) is 1.00. The van der Waals surface area contributed by atoms with Crippen LogP contribution in [0.25, 0.3) is 0 Å². The Balaban J connectivity index is 1.25. The summed E-state index contributed by atoms with van der Waals surface area (Å²) in [7, 11) is -5.37. The Kier molecular flexibility index (Phi) is 17.3. The summed E-state index contributed by atoms with van der Waals surface area (Å²) in [6, 6.07) is 0. The molecule has 60 heavy (non-hydrogen) atoms. The van der Waals surface area contributed by atoms with E-state index in [1.807, 2.05) is 0 Å². The van der Waals surface area contributed by atoms with Crippen molar-refractivity contribution in [1.82, 2.24) is 0 Å². The molecule has 5 aliphatic rings. The molecule has 0 saturated carbocycles. The SMILES string of the molecule is O=S(=O)(O)O[C@H]1[C@@H](O[C@H]2[C@H](O)[C@@H](O)[C@@H](O[C@H]3[C@H](O)[C@@H](O)[C@@H](O[C@H]4[C@H](O)[C@@H](O)[C@@H](O[C@H]5[C@H](O)[C@@H](O)[C@@H](O)O[C@@H]5CO)O[C@@H]4CO)O[C@@H]3CO)O[C@@H]2CO)O[C@H](CO)[C@@H](O)[C@@H]1O. The molecule has 0 aromatic rings. The number of aliphatic hydroxyl groups excluding tert-OH is 16. The van der Waals surface area contributed by atoms with Crippen molar-refractivity contribution in [2.24, 2.45) is 0 Å². The van der Waals surface area contributed by atoms with Crippen LogP contribution in [0, 0.1) is 0 Å². The van der Waals surface area contributed by atoms with Crippen molar-refractivity contribution in [2.45, 2.75) is 154 Å². The maximum absolute atomic E-state index is 11.5. The Morgan fingerprint density at radius 2 is 0.633 bits per heavy atom. The van der Waals surface area contributed by atoms with E-state index in [4.69, 9.17) is 42.6 Å². The second-order valence-corrected chi connectivity index (χ2v) is 15.5. The molecule has 30 heteroatoms. The zero-order valence-corrected chi connectivity index (χ0v) is 31.7. The lowest BCUT2D eigenvalue weighted by Gasteiger charge is -2.49. The highest BCUT2D eigenvalue weighted by atomic mass is 32.3. The van der Waals surface area contributed by atoms with E-state index < -0.39 is 197 Å². The van der Waals surface area contributed by atoms with Crippen LogP contribution >= 0.6 is 0 Å². The van der Waals surface area contributed by atoms with E-state index in [0.717, 1.165) is 0 Å². The van der Waals surface area contributed by atoms with Crippen LogP contribution in [0.2, 0.25) is 0 Å². The van der Waals surface area contributed by atoms with Gasteiger partial charge >= 0.3 is 10.4 Å². The predicted molar refractivity (Wildman–Crippen MR) is 177 cm³/mol. The van der Waals surface area contributed by atoms with Crippen molar-refractivity contribution in [3.05, 3.63) is 0 Å². The molecule has 5 heterocycles. The highest BCUT2D eigenvalue weighted by Gasteiger charge is 2.57. The van der Waals surface area contributed by atoms with Crippen molar-refractivity contribution >= 4 is 10.4 Å². The van der Waals surface area contributed by atoms with Crippen LogP contribution in [-0.2, 0) is 57.2 Å². The van der Waals surface area contributed by atoms with Gasteiger partial charge in [-0.1, -0.05) is 0 Å². The van der Waals surface area contributed by atoms with Gasteiger partial charge in [0.15, 0.2) is 37.6 Å². The van der Waals surface area contributed by atoms with Gasteiger partial charge in [-0.3, -0.25) is 4.55 Å². The van der Waals surface area contributed by atoms with Crippen LogP contribution in [0.1, 0.15) is 0 Å². The molecule has 5 aliphatic heterocycles. The maximum Gasteiger partial charge on any atom is 0.397 e. The fourth-order valence-electron chi connectivity index (χ4n) is 7.26. The summed E-state index contributed by atoms with van der Waals surface area (Å²) in [6.07, 6.45) is -48.7. The first-order valence-corrected chi connectivity index (χ1v) is 19.7. The summed E-state index contributed by atoms with van der Waals surface area (Å²) in [5.41, 5.74) is 0. The lowest BCUT2D eigenvalue weighted by Crippen LogP contribution is -2.68. The molecule has 17 N–H and O–H groups in total. The molecule has 5 fully saturated rings. The topological polar surface area (TPSA) is 470 Å². The summed E-state index contributed by atoms with van der Waals surface area (Å²) < 4.78 is 85.5. The Morgan fingerprint density at radius 1 is 0.350 bits per heavy atom. The molecule has 0 radical (unpaired) electrons. The lowest BCUT2D eigenvalue weighted by molar-refractivity contribution is -0.392. The molecule has 0 bridgehead atoms. The first-order valence-electron chi connectivity index (χ1n) is 18.3. The van der Waals surface area contributed by atoms with Crippen LogP contribution in [-0.4, -0.2) is 281 Å². The normalized spacial score (nSPS) is 50.7. The first-order chi connectivity index (χ1) is 28.2. The smallest absolute Gasteiger partial charge is 0.394 e. The summed E-state index contributed by atoms with van der Waals surface area (Å²) in [4.78, 5) is 0. The molecule has 0 amide bonds. The average molecular weight is 909 g/mol. The summed E-state index contributed by atoms with van der Waals surface area (Å²) in [5.74, 6) is 0. The highest BCUT2D eigenvalue weighted by molar-refractivity contribution is 7.80. The Hall–Kier alpha value is -1.13. The van der Waals surface area contributed by atoms with E-state index in [0.29, 0.717) is 0 Å². The van der Waals surface area contributed by atoms with Crippen LogP contribution < -0.4 is 0 Å². The monoisotopic (exact) mass is 908 g/mol. The van der Waals surface area contributed by atoms with Crippen molar-refractivity contribution < 1.29 is 141 Å². The summed E-state index contributed by atoms with van der Waals surface area (Å²) >= 11 is 0. The van der Waals surface area contributed by atoms with Crippen LogP contribution in [0.5, 0.6) is 0 Å². The number of rotatable bonds is 15. The van der Waals surface area contributed by atoms with E-state index in [1.54, 1.807) is 0 Å². The second-order valence-electron chi connectivity index (χ2n) is 14.4. The van der Waals surface area contributed by atoms with Gasteiger partial charge in [-0.25, -0.2) is 4.18 Å². The number of hydrogen-bond donors (Lipinski definition) is 17. The van der Waals surface area contributed by atoms with E-state index in [1.165, 1.54) is 0 Å². The molecule has 5 rings (SSSR count). The molecule has 0 aliphatic carbocycles. The highest BCUT2D eigenvalue weighted by Crippen LogP contribution is 2.36. The minimum atomic E-state index is -5.37. The van der Waals surface area contributed by atoms with E-state index in [-0.39, 0.29) is 0 Å². The Bertz CT molecular complexity index is 1440. The number of aliphatic hydroxyl groups is 16. The van der Waals surface area contributed by atoms with Gasteiger partial charge in [0.25, 0.3) is 0 Å².